The van der Waals surface area contributed by atoms with Crippen LogP contribution in [0, 0.1) is 13.8 Å². The molecule has 0 bridgehead atoms. The van der Waals surface area contributed by atoms with Crippen LogP contribution in [0.25, 0.3) is 5.76 Å². The number of hydrogen-bond donors (Lipinski definition) is 2. The third-order valence-electron chi connectivity index (χ3n) is 5.83. The lowest BCUT2D eigenvalue weighted by Gasteiger charge is -2.26. The number of phenols is 1. The molecule has 1 atom stereocenters. The molecule has 168 valence electrons. The number of methoxy groups -OCH3 is 1. The van der Waals surface area contributed by atoms with Gasteiger partial charge in [-0.05, 0) is 73.0 Å². The van der Waals surface area contributed by atoms with Gasteiger partial charge in [0.05, 0.1) is 23.7 Å². The molecule has 3 aromatic carbocycles. The second-order valence-corrected chi connectivity index (χ2v) is 8.29. The summed E-state index contributed by atoms with van der Waals surface area (Å²) in [5, 5.41) is 21.5. The molecular formula is C26H22ClNO5. The number of ether oxygens (including phenoxy) is 1. The van der Waals surface area contributed by atoms with Gasteiger partial charge in [-0.1, -0.05) is 29.8 Å². The first kappa shape index (κ1) is 22.4. The SMILES string of the molecule is COc1ccc(Cl)c(/C(O)=C2\C(=O)C(=O)N(c3ccc(C)c(C)c3)C2c2cccc(O)c2)c1. The highest BCUT2D eigenvalue weighted by atomic mass is 35.5. The van der Waals surface area contributed by atoms with Crippen molar-refractivity contribution in [1.82, 2.24) is 0 Å². The van der Waals surface area contributed by atoms with Crippen LogP contribution < -0.4 is 9.64 Å². The van der Waals surface area contributed by atoms with Crippen LogP contribution in [-0.2, 0) is 9.59 Å². The van der Waals surface area contributed by atoms with Crippen LogP contribution in [0.2, 0.25) is 5.02 Å². The quantitative estimate of drug-likeness (QED) is 0.311. The summed E-state index contributed by atoms with van der Waals surface area (Å²) in [6.45, 7) is 3.86. The first-order valence-corrected chi connectivity index (χ1v) is 10.6. The van der Waals surface area contributed by atoms with E-state index in [1.54, 1.807) is 24.3 Å². The van der Waals surface area contributed by atoms with Crippen molar-refractivity contribution < 1.29 is 24.5 Å². The summed E-state index contributed by atoms with van der Waals surface area (Å²) in [5.41, 5.74) is 2.99. The summed E-state index contributed by atoms with van der Waals surface area (Å²) in [6, 6.07) is 15.4. The number of aliphatic hydroxyl groups excluding tert-OH is 1. The Labute approximate surface area is 196 Å². The Morgan fingerprint density at radius 1 is 1.00 bits per heavy atom. The van der Waals surface area contributed by atoms with Crippen LogP contribution in [0.4, 0.5) is 5.69 Å². The lowest BCUT2D eigenvalue weighted by molar-refractivity contribution is -0.132. The van der Waals surface area contributed by atoms with Gasteiger partial charge in [0.1, 0.15) is 17.3 Å². The van der Waals surface area contributed by atoms with E-state index in [4.69, 9.17) is 16.3 Å². The summed E-state index contributed by atoms with van der Waals surface area (Å²) < 4.78 is 5.22. The minimum atomic E-state index is -0.971. The van der Waals surface area contributed by atoms with E-state index < -0.39 is 23.5 Å². The van der Waals surface area contributed by atoms with Gasteiger partial charge >= 0.3 is 0 Å². The van der Waals surface area contributed by atoms with Gasteiger partial charge in [-0.15, -0.1) is 0 Å². The number of benzene rings is 3. The molecule has 1 saturated heterocycles. The molecule has 0 spiro atoms. The van der Waals surface area contributed by atoms with Crippen molar-refractivity contribution in [3.05, 3.63) is 93.5 Å². The van der Waals surface area contributed by atoms with Crippen molar-refractivity contribution in [2.24, 2.45) is 0 Å². The lowest BCUT2D eigenvalue weighted by Crippen LogP contribution is -2.29. The van der Waals surface area contributed by atoms with Gasteiger partial charge in [0, 0.05) is 11.3 Å². The number of carbonyl (C=O) groups is 2. The molecule has 4 rings (SSSR count). The van der Waals surface area contributed by atoms with Gasteiger partial charge in [0.2, 0.25) is 0 Å². The smallest absolute Gasteiger partial charge is 0.300 e. The van der Waals surface area contributed by atoms with Crippen molar-refractivity contribution in [2.45, 2.75) is 19.9 Å². The van der Waals surface area contributed by atoms with Crippen LogP contribution in [0.15, 0.2) is 66.2 Å². The number of aliphatic hydroxyl groups is 1. The number of carbonyl (C=O) groups excluding carboxylic acids is 2. The van der Waals surface area contributed by atoms with Crippen LogP contribution in [0.5, 0.6) is 11.5 Å². The van der Waals surface area contributed by atoms with Crippen molar-refractivity contribution in [3.8, 4) is 11.5 Å². The van der Waals surface area contributed by atoms with E-state index in [-0.39, 0.29) is 21.9 Å². The maximum absolute atomic E-state index is 13.2. The third kappa shape index (κ3) is 3.94. The summed E-state index contributed by atoms with van der Waals surface area (Å²) >= 11 is 6.32. The molecule has 1 heterocycles. The highest BCUT2D eigenvalue weighted by Gasteiger charge is 2.47. The number of aryl methyl sites for hydroxylation is 2. The molecule has 1 aliphatic rings. The number of amides is 1. The molecule has 2 N–H and O–H groups in total. The van der Waals surface area contributed by atoms with Crippen LogP contribution >= 0.6 is 11.6 Å². The lowest BCUT2D eigenvalue weighted by atomic mass is 9.94. The number of hydrogen-bond acceptors (Lipinski definition) is 5. The molecule has 0 aromatic heterocycles. The molecule has 33 heavy (non-hydrogen) atoms. The fraction of sp³-hybridized carbons (Fsp3) is 0.154. The number of phenolic OH excluding ortho intramolecular Hbond substituents is 1. The van der Waals surface area contributed by atoms with Crippen molar-refractivity contribution in [1.29, 1.82) is 0 Å². The Kier molecular flexibility index (Phi) is 5.87. The van der Waals surface area contributed by atoms with Crippen molar-refractivity contribution in [3.63, 3.8) is 0 Å². The van der Waals surface area contributed by atoms with Gasteiger partial charge in [-0.2, -0.15) is 0 Å². The molecule has 1 fully saturated rings. The molecule has 0 saturated carbocycles. The maximum Gasteiger partial charge on any atom is 0.300 e. The molecule has 1 amide bonds. The standard InChI is InChI=1S/C26H22ClNO5/c1-14-7-8-17(11-15(14)2)28-23(16-5-4-6-18(29)12-16)22(25(31)26(28)32)24(30)20-13-19(33-3)9-10-21(20)27/h4-13,23,29-30H,1-3H3/b24-22+. The fourth-order valence-corrected chi connectivity index (χ4v) is 4.15. The Bertz CT molecular complexity index is 1310. The monoisotopic (exact) mass is 463 g/mol. The Hall–Kier alpha value is -3.77. The van der Waals surface area contributed by atoms with Crippen LogP contribution in [0.3, 0.4) is 0 Å². The third-order valence-corrected chi connectivity index (χ3v) is 6.16. The topological polar surface area (TPSA) is 87.1 Å². The second-order valence-electron chi connectivity index (χ2n) is 7.88. The van der Waals surface area contributed by atoms with E-state index in [0.717, 1.165) is 11.1 Å². The zero-order valence-corrected chi connectivity index (χ0v) is 19.1. The number of anilines is 1. The zero-order chi connectivity index (χ0) is 23.9. The van der Waals surface area contributed by atoms with E-state index in [0.29, 0.717) is 17.0 Å². The number of rotatable bonds is 4. The van der Waals surface area contributed by atoms with Gasteiger partial charge in [-0.25, -0.2) is 0 Å². The zero-order valence-electron chi connectivity index (χ0n) is 18.3. The van der Waals surface area contributed by atoms with E-state index in [1.165, 1.54) is 36.3 Å². The average Bonchev–Trinajstić information content (AvgIpc) is 3.06. The molecular weight excluding hydrogens is 442 g/mol. The van der Waals surface area contributed by atoms with Crippen molar-refractivity contribution in [2.75, 3.05) is 12.0 Å². The molecule has 0 radical (unpaired) electrons. The second kappa shape index (κ2) is 8.64. The molecule has 3 aromatic rings. The molecule has 6 nitrogen and oxygen atoms in total. The van der Waals surface area contributed by atoms with Gasteiger partial charge < -0.3 is 14.9 Å². The van der Waals surface area contributed by atoms with Crippen LogP contribution in [0.1, 0.15) is 28.3 Å². The molecule has 7 heteroatoms. The number of aromatic hydroxyl groups is 1. The summed E-state index contributed by atoms with van der Waals surface area (Å²) in [4.78, 5) is 27.8. The van der Waals surface area contributed by atoms with Gasteiger partial charge in [-0.3, -0.25) is 14.5 Å². The maximum atomic E-state index is 13.2. The number of halogens is 1. The fourth-order valence-electron chi connectivity index (χ4n) is 3.94. The highest BCUT2D eigenvalue weighted by molar-refractivity contribution is 6.52. The number of nitrogens with zero attached hydrogens (tertiary/aromatic N) is 1. The highest BCUT2D eigenvalue weighted by Crippen LogP contribution is 2.44. The largest absolute Gasteiger partial charge is 0.508 e. The minimum Gasteiger partial charge on any atom is -0.508 e. The van der Waals surface area contributed by atoms with E-state index in [1.807, 2.05) is 26.0 Å². The molecule has 1 aliphatic heterocycles. The minimum absolute atomic E-state index is 0.0300. The first-order chi connectivity index (χ1) is 15.7. The number of Topliss-reactive ketones (excluding diaryl/α,β-unsaturated/α-hetero) is 1. The van der Waals surface area contributed by atoms with Crippen LogP contribution in [-0.4, -0.2) is 29.0 Å². The van der Waals surface area contributed by atoms with Gasteiger partial charge in [0.25, 0.3) is 11.7 Å². The van der Waals surface area contributed by atoms with Gasteiger partial charge in [0.15, 0.2) is 0 Å². The average molecular weight is 464 g/mol. The Morgan fingerprint density at radius 2 is 1.76 bits per heavy atom. The molecule has 1 unspecified atom stereocenters. The first-order valence-electron chi connectivity index (χ1n) is 10.2. The predicted molar refractivity (Wildman–Crippen MR) is 127 cm³/mol. The number of ketones is 1. The predicted octanol–water partition coefficient (Wildman–Crippen LogP) is 5.30. The van der Waals surface area contributed by atoms with E-state index in [2.05, 4.69) is 0 Å². The van der Waals surface area contributed by atoms with E-state index in [9.17, 15) is 19.8 Å². The summed E-state index contributed by atoms with van der Waals surface area (Å²) in [6.07, 6.45) is 0. The Balaban J connectivity index is 1.99. The molecule has 0 aliphatic carbocycles. The van der Waals surface area contributed by atoms with E-state index >= 15 is 0 Å². The summed E-state index contributed by atoms with van der Waals surface area (Å²) in [5.74, 6) is -1.65. The normalized spacial score (nSPS) is 17.5. The van der Waals surface area contributed by atoms with Crippen molar-refractivity contribution >= 4 is 34.7 Å². The Morgan fingerprint density at radius 3 is 2.42 bits per heavy atom. The summed E-state index contributed by atoms with van der Waals surface area (Å²) in [7, 11) is 1.47.